The Morgan fingerprint density at radius 2 is 1.88 bits per heavy atom. The maximum atomic E-state index is 5.79. The molecule has 3 heteroatoms. The topological polar surface area (TPSA) is 24.5 Å². The van der Waals surface area contributed by atoms with Crippen LogP contribution in [0.5, 0.6) is 0 Å². The molecule has 4 unspecified atom stereocenters. The summed E-state index contributed by atoms with van der Waals surface area (Å²) in [4.78, 5) is 2.65. The molecule has 0 radical (unpaired) electrons. The molecule has 0 aromatic carbocycles. The van der Waals surface area contributed by atoms with Crippen molar-refractivity contribution < 1.29 is 4.74 Å². The molecule has 4 atom stereocenters. The van der Waals surface area contributed by atoms with Crippen LogP contribution in [0.25, 0.3) is 0 Å². The van der Waals surface area contributed by atoms with E-state index in [4.69, 9.17) is 4.74 Å². The zero-order valence-electron chi connectivity index (χ0n) is 10.9. The van der Waals surface area contributed by atoms with Gasteiger partial charge < -0.3 is 10.1 Å². The molecular weight excluding hydrogens is 200 g/mol. The Balaban J connectivity index is 1.84. The van der Waals surface area contributed by atoms with Crippen LogP contribution in [0.15, 0.2) is 0 Å². The lowest BCUT2D eigenvalue weighted by Crippen LogP contribution is -2.49. The second-order valence-corrected chi connectivity index (χ2v) is 5.43. The first-order valence-electron chi connectivity index (χ1n) is 6.82. The van der Waals surface area contributed by atoms with Gasteiger partial charge >= 0.3 is 0 Å². The van der Waals surface area contributed by atoms with Gasteiger partial charge in [-0.25, -0.2) is 0 Å². The molecule has 1 aliphatic carbocycles. The molecule has 2 rings (SSSR count). The van der Waals surface area contributed by atoms with Crippen LogP contribution in [-0.2, 0) is 4.74 Å². The Kier molecular flexibility index (Phi) is 4.22. The zero-order valence-corrected chi connectivity index (χ0v) is 10.9. The SMILES string of the molecule is CCNC1CCC(N2CC(C)OC(C)C2)C1. The predicted molar refractivity (Wildman–Crippen MR) is 66.7 cm³/mol. The minimum absolute atomic E-state index is 0.405. The van der Waals surface area contributed by atoms with E-state index in [1.165, 1.54) is 19.3 Å². The minimum Gasteiger partial charge on any atom is -0.373 e. The van der Waals surface area contributed by atoms with Crippen molar-refractivity contribution in [2.75, 3.05) is 19.6 Å². The lowest BCUT2D eigenvalue weighted by molar-refractivity contribution is -0.0797. The second kappa shape index (κ2) is 5.48. The quantitative estimate of drug-likeness (QED) is 0.791. The summed E-state index contributed by atoms with van der Waals surface area (Å²) >= 11 is 0. The summed E-state index contributed by atoms with van der Waals surface area (Å²) in [5.41, 5.74) is 0. The van der Waals surface area contributed by atoms with E-state index in [2.05, 4.69) is 31.0 Å². The van der Waals surface area contributed by atoms with Gasteiger partial charge in [0.25, 0.3) is 0 Å². The van der Waals surface area contributed by atoms with Crippen molar-refractivity contribution in [1.82, 2.24) is 10.2 Å². The molecule has 0 amide bonds. The van der Waals surface area contributed by atoms with E-state index >= 15 is 0 Å². The highest BCUT2D eigenvalue weighted by atomic mass is 16.5. The third kappa shape index (κ3) is 2.96. The summed E-state index contributed by atoms with van der Waals surface area (Å²) in [5, 5.41) is 3.58. The van der Waals surface area contributed by atoms with E-state index in [1.807, 2.05) is 0 Å². The third-order valence-electron chi connectivity index (χ3n) is 3.86. The number of morpholine rings is 1. The maximum absolute atomic E-state index is 5.79. The Morgan fingerprint density at radius 3 is 2.50 bits per heavy atom. The molecule has 0 aromatic rings. The molecule has 94 valence electrons. The van der Waals surface area contributed by atoms with Gasteiger partial charge in [0.05, 0.1) is 12.2 Å². The van der Waals surface area contributed by atoms with Crippen LogP contribution < -0.4 is 5.32 Å². The lowest BCUT2D eigenvalue weighted by Gasteiger charge is -2.39. The standard InChI is InChI=1S/C13H26N2O/c1-4-14-12-5-6-13(7-12)15-8-10(2)16-11(3)9-15/h10-14H,4-9H2,1-3H3. The summed E-state index contributed by atoms with van der Waals surface area (Å²) in [6.45, 7) is 9.93. The average molecular weight is 226 g/mol. The number of ether oxygens (including phenoxy) is 1. The second-order valence-electron chi connectivity index (χ2n) is 5.43. The first kappa shape index (κ1) is 12.3. The van der Waals surface area contributed by atoms with Crippen LogP contribution in [0, 0.1) is 0 Å². The minimum atomic E-state index is 0.405. The van der Waals surface area contributed by atoms with Gasteiger partial charge in [0.2, 0.25) is 0 Å². The Labute approximate surface area is 99.5 Å². The van der Waals surface area contributed by atoms with E-state index in [0.29, 0.717) is 12.2 Å². The van der Waals surface area contributed by atoms with Gasteiger partial charge in [0, 0.05) is 25.2 Å². The van der Waals surface area contributed by atoms with E-state index in [1.54, 1.807) is 0 Å². The molecule has 1 saturated heterocycles. The van der Waals surface area contributed by atoms with Crippen LogP contribution in [0.2, 0.25) is 0 Å². The van der Waals surface area contributed by atoms with Gasteiger partial charge in [-0.2, -0.15) is 0 Å². The first-order valence-corrected chi connectivity index (χ1v) is 6.82. The van der Waals surface area contributed by atoms with E-state index in [9.17, 15) is 0 Å². The summed E-state index contributed by atoms with van der Waals surface area (Å²) in [6, 6.07) is 1.54. The molecule has 0 spiro atoms. The van der Waals surface area contributed by atoms with Gasteiger partial charge in [-0.05, 0) is 39.7 Å². The largest absolute Gasteiger partial charge is 0.373 e. The zero-order chi connectivity index (χ0) is 11.5. The molecule has 0 aromatic heterocycles. The Bertz CT molecular complexity index is 212. The Hall–Kier alpha value is -0.120. The Morgan fingerprint density at radius 1 is 1.19 bits per heavy atom. The lowest BCUT2D eigenvalue weighted by atomic mass is 10.1. The van der Waals surface area contributed by atoms with Crippen LogP contribution in [-0.4, -0.2) is 48.8 Å². The van der Waals surface area contributed by atoms with Gasteiger partial charge in [-0.1, -0.05) is 6.92 Å². The van der Waals surface area contributed by atoms with E-state index in [0.717, 1.165) is 31.7 Å². The molecule has 1 saturated carbocycles. The predicted octanol–water partition coefficient (Wildman–Crippen LogP) is 1.63. The summed E-state index contributed by atoms with van der Waals surface area (Å²) in [6.07, 6.45) is 4.84. The van der Waals surface area contributed by atoms with Gasteiger partial charge in [-0.15, -0.1) is 0 Å². The summed E-state index contributed by atoms with van der Waals surface area (Å²) in [7, 11) is 0. The molecule has 2 aliphatic rings. The number of hydrogen-bond acceptors (Lipinski definition) is 3. The molecule has 1 N–H and O–H groups in total. The van der Waals surface area contributed by atoms with E-state index in [-0.39, 0.29) is 0 Å². The highest BCUT2D eigenvalue weighted by Crippen LogP contribution is 2.26. The van der Waals surface area contributed by atoms with Crippen LogP contribution in [0.1, 0.15) is 40.0 Å². The highest BCUT2D eigenvalue weighted by molar-refractivity contribution is 4.89. The van der Waals surface area contributed by atoms with Crippen LogP contribution >= 0.6 is 0 Å². The highest BCUT2D eigenvalue weighted by Gasteiger charge is 2.32. The molecule has 16 heavy (non-hydrogen) atoms. The van der Waals surface area contributed by atoms with Gasteiger partial charge in [0.1, 0.15) is 0 Å². The van der Waals surface area contributed by atoms with Gasteiger partial charge in [0.15, 0.2) is 0 Å². The molecular formula is C13H26N2O. The van der Waals surface area contributed by atoms with Crippen molar-refractivity contribution in [3.8, 4) is 0 Å². The van der Waals surface area contributed by atoms with Crippen molar-refractivity contribution in [3.05, 3.63) is 0 Å². The van der Waals surface area contributed by atoms with Crippen molar-refractivity contribution in [1.29, 1.82) is 0 Å². The fourth-order valence-corrected chi connectivity index (χ4v) is 3.28. The maximum Gasteiger partial charge on any atom is 0.0678 e. The monoisotopic (exact) mass is 226 g/mol. The normalized spacial score (nSPS) is 41.4. The van der Waals surface area contributed by atoms with Crippen molar-refractivity contribution >= 4 is 0 Å². The molecule has 2 fully saturated rings. The summed E-state index contributed by atoms with van der Waals surface area (Å²) < 4.78 is 5.79. The van der Waals surface area contributed by atoms with Crippen molar-refractivity contribution in [2.24, 2.45) is 0 Å². The van der Waals surface area contributed by atoms with Crippen molar-refractivity contribution in [3.63, 3.8) is 0 Å². The van der Waals surface area contributed by atoms with Crippen molar-refractivity contribution in [2.45, 2.75) is 64.3 Å². The van der Waals surface area contributed by atoms with Crippen LogP contribution in [0.4, 0.5) is 0 Å². The molecule has 0 bridgehead atoms. The number of nitrogens with one attached hydrogen (secondary N) is 1. The third-order valence-corrected chi connectivity index (χ3v) is 3.86. The fraction of sp³-hybridized carbons (Fsp3) is 1.00. The van der Waals surface area contributed by atoms with Gasteiger partial charge in [-0.3, -0.25) is 4.90 Å². The average Bonchev–Trinajstić information content (AvgIpc) is 2.65. The van der Waals surface area contributed by atoms with Crippen LogP contribution in [0.3, 0.4) is 0 Å². The fourth-order valence-electron chi connectivity index (χ4n) is 3.28. The number of rotatable bonds is 3. The first-order chi connectivity index (χ1) is 7.69. The smallest absolute Gasteiger partial charge is 0.0678 e. The molecule has 1 heterocycles. The van der Waals surface area contributed by atoms with E-state index < -0.39 is 0 Å². The summed E-state index contributed by atoms with van der Waals surface area (Å²) in [5.74, 6) is 0. The number of nitrogens with zero attached hydrogens (tertiary/aromatic N) is 1. The molecule has 1 aliphatic heterocycles. The molecule has 3 nitrogen and oxygen atoms in total. The number of hydrogen-bond donors (Lipinski definition) is 1.